The molecule has 9 heavy (non-hydrogen) atoms. The van der Waals surface area contributed by atoms with Crippen LogP contribution in [0, 0.1) is 0 Å². The third kappa shape index (κ3) is 38.8. The van der Waals surface area contributed by atoms with Crippen molar-refractivity contribution in [1.82, 2.24) is 0 Å². The third-order valence-electron chi connectivity index (χ3n) is 0.319. The molecule has 0 amide bonds. The van der Waals surface area contributed by atoms with E-state index in [4.69, 9.17) is 5.11 Å². The zero-order valence-electron chi connectivity index (χ0n) is 5.26. The average Bonchev–Trinajstić information content (AvgIpc) is 1.72. The van der Waals surface area contributed by atoms with Crippen LogP contribution in [-0.2, 0) is 4.79 Å². The molecule has 0 aromatic carbocycles. The van der Waals surface area contributed by atoms with Gasteiger partial charge in [0.25, 0.3) is 0 Å². The summed E-state index contributed by atoms with van der Waals surface area (Å²) >= 11 is 0. The minimum absolute atomic E-state index is 0. The molecule has 0 bridgehead atoms. The molecule has 0 saturated carbocycles. The maximum atomic E-state index is 9.53. The molecule has 2 nitrogen and oxygen atoms in total. The van der Waals surface area contributed by atoms with Crippen molar-refractivity contribution in [2.75, 3.05) is 0 Å². The monoisotopic (exact) mass is 148 g/mol. The first-order valence-corrected chi connectivity index (χ1v) is 2.10. The Hall–Kier alpha value is -0.700. The van der Waals surface area contributed by atoms with Gasteiger partial charge in [0.2, 0.25) is 0 Å². The van der Waals surface area contributed by atoms with Crippen molar-refractivity contribution in [2.24, 2.45) is 0 Å². The summed E-state index contributed by atoms with van der Waals surface area (Å²) in [5, 5.41) is 7.84. The Morgan fingerprint density at radius 2 is 1.89 bits per heavy atom. The highest BCUT2D eigenvalue weighted by atomic mass is 32.1. The third-order valence-corrected chi connectivity index (χ3v) is 0.319. The van der Waals surface area contributed by atoms with Gasteiger partial charge in [-0.3, -0.25) is 4.79 Å². The van der Waals surface area contributed by atoms with Gasteiger partial charge in [0, 0.05) is 0 Å². The Bertz CT molecular complexity index is 81.1. The molecule has 0 aliphatic rings. The van der Waals surface area contributed by atoms with E-state index in [1.807, 2.05) is 0 Å². The summed E-state index contributed by atoms with van der Waals surface area (Å²) in [4.78, 5) is 9.53. The number of hydrogen-bond donors (Lipinski definition) is 1. The van der Waals surface area contributed by atoms with Crippen molar-refractivity contribution in [1.29, 1.82) is 0 Å². The van der Waals surface area contributed by atoms with Crippen LogP contribution in [-0.4, -0.2) is 11.1 Å². The van der Waals surface area contributed by atoms with Gasteiger partial charge >= 0.3 is 5.97 Å². The second kappa shape index (κ2) is 15.7. The SMILES string of the molecule is C=C.C=CCC(=O)O.S. The van der Waals surface area contributed by atoms with Crippen molar-refractivity contribution in [2.45, 2.75) is 6.42 Å². The van der Waals surface area contributed by atoms with Crippen LogP contribution in [0.25, 0.3) is 0 Å². The molecule has 0 heterocycles. The first kappa shape index (κ1) is 15.7. The highest BCUT2D eigenvalue weighted by Crippen LogP contribution is 1.74. The van der Waals surface area contributed by atoms with Crippen molar-refractivity contribution in [3.63, 3.8) is 0 Å². The lowest BCUT2D eigenvalue weighted by Gasteiger charge is -1.75. The second-order valence-electron chi connectivity index (χ2n) is 0.887. The number of carboxylic acids is 1. The van der Waals surface area contributed by atoms with Gasteiger partial charge in [-0.15, -0.1) is 19.7 Å². The van der Waals surface area contributed by atoms with Crippen molar-refractivity contribution < 1.29 is 9.90 Å². The van der Waals surface area contributed by atoms with E-state index in [1.54, 1.807) is 0 Å². The van der Waals surface area contributed by atoms with E-state index in [2.05, 4.69) is 19.7 Å². The topological polar surface area (TPSA) is 37.3 Å². The Balaban J connectivity index is -0.000000109. The van der Waals surface area contributed by atoms with E-state index >= 15 is 0 Å². The standard InChI is InChI=1S/C4H6O2.C2H4.H2S/c1-2-3-4(5)6;1-2;/h2H,1,3H2,(H,5,6);1-2H2;1H2. The van der Waals surface area contributed by atoms with Gasteiger partial charge in [-0.1, -0.05) is 6.08 Å². The van der Waals surface area contributed by atoms with Crippen LogP contribution in [0.3, 0.4) is 0 Å². The number of hydrogen-bond acceptors (Lipinski definition) is 1. The zero-order valence-corrected chi connectivity index (χ0v) is 6.26. The van der Waals surface area contributed by atoms with E-state index < -0.39 is 5.97 Å². The lowest BCUT2D eigenvalue weighted by atomic mass is 10.4. The summed E-state index contributed by atoms with van der Waals surface area (Å²) in [5.41, 5.74) is 0. The molecule has 0 saturated heterocycles. The molecule has 3 heteroatoms. The van der Waals surface area contributed by atoms with Gasteiger partial charge in [0.05, 0.1) is 6.42 Å². The van der Waals surface area contributed by atoms with Gasteiger partial charge in [0.1, 0.15) is 0 Å². The molecule has 0 aliphatic carbocycles. The average molecular weight is 148 g/mol. The fraction of sp³-hybridized carbons (Fsp3) is 0.167. The van der Waals surface area contributed by atoms with Crippen LogP contribution < -0.4 is 0 Å². The molecule has 0 spiro atoms. The number of rotatable bonds is 2. The predicted octanol–water partition coefficient (Wildman–Crippen LogP) is 1.56. The van der Waals surface area contributed by atoms with Crippen molar-refractivity contribution in [3.8, 4) is 0 Å². The Kier molecular flexibility index (Phi) is 27.4. The fourth-order valence-electron chi connectivity index (χ4n) is 0.123. The van der Waals surface area contributed by atoms with Gasteiger partial charge in [-0.2, -0.15) is 13.5 Å². The predicted molar refractivity (Wildman–Crippen MR) is 44.1 cm³/mol. The van der Waals surface area contributed by atoms with Gasteiger partial charge in [-0.05, 0) is 0 Å². The molecule has 0 aromatic heterocycles. The number of carbonyl (C=O) groups is 1. The molecule has 0 aromatic rings. The normalized spacial score (nSPS) is 5.33. The Morgan fingerprint density at radius 3 is 1.89 bits per heavy atom. The van der Waals surface area contributed by atoms with E-state index in [0.29, 0.717) is 0 Å². The summed E-state index contributed by atoms with van der Waals surface area (Å²) in [5.74, 6) is -0.829. The molecule has 0 aliphatic heterocycles. The zero-order chi connectivity index (χ0) is 6.99. The van der Waals surface area contributed by atoms with Gasteiger partial charge < -0.3 is 5.11 Å². The van der Waals surface area contributed by atoms with Crippen LogP contribution in [0.15, 0.2) is 25.8 Å². The van der Waals surface area contributed by atoms with E-state index in [-0.39, 0.29) is 19.9 Å². The molecule has 0 rings (SSSR count). The van der Waals surface area contributed by atoms with Crippen molar-refractivity contribution >= 4 is 19.5 Å². The highest BCUT2D eigenvalue weighted by Gasteiger charge is 1.84. The molecule has 1 N–H and O–H groups in total. The van der Waals surface area contributed by atoms with Gasteiger partial charge in [0.15, 0.2) is 0 Å². The van der Waals surface area contributed by atoms with Crippen LogP contribution in [0.5, 0.6) is 0 Å². The first-order valence-electron chi connectivity index (χ1n) is 2.10. The lowest BCUT2D eigenvalue weighted by molar-refractivity contribution is -0.135. The summed E-state index contributed by atoms with van der Waals surface area (Å²) < 4.78 is 0. The molecule has 0 radical (unpaired) electrons. The minimum Gasteiger partial charge on any atom is -0.481 e. The smallest absolute Gasteiger partial charge is 0.307 e. The molecular weight excluding hydrogens is 136 g/mol. The molecule has 0 atom stereocenters. The summed E-state index contributed by atoms with van der Waals surface area (Å²) in [6, 6.07) is 0. The molecule has 54 valence electrons. The molecule has 0 unspecified atom stereocenters. The Morgan fingerprint density at radius 1 is 1.56 bits per heavy atom. The molecule has 0 fully saturated rings. The lowest BCUT2D eigenvalue weighted by Crippen LogP contribution is -1.88. The van der Waals surface area contributed by atoms with E-state index in [9.17, 15) is 4.79 Å². The van der Waals surface area contributed by atoms with Crippen LogP contribution in [0.2, 0.25) is 0 Å². The number of aliphatic carboxylic acids is 1. The number of carboxylic acid groups (broad SMARTS) is 1. The summed E-state index contributed by atoms with van der Waals surface area (Å²) in [6.45, 7) is 9.22. The van der Waals surface area contributed by atoms with Crippen LogP contribution >= 0.6 is 13.5 Å². The first-order chi connectivity index (χ1) is 3.77. The summed E-state index contributed by atoms with van der Waals surface area (Å²) in [7, 11) is 0. The van der Waals surface area contributed by atoms with Crippen molar-refractivity contribution in [3.05, 3.63) is 25.8 Å². The summed E-state index contributed by atoms with van der Waals surface area (Å²) in [6.07, 6.45) is 1.41. The van der Waals surface area contributed by atoms with Crippen LogP contribution in [0.4, 0.5) is 0 Å². The largest absolute Gasteiger partial charge is 0.481 e. The maximum absolute atomic E-state index is 9.53. The molecular formula is C6H12O2S. The highest BCUT2D eigenvalue weighted by molar-refractivity contribution is 7.59. The minimum atomic E-state index is -0.829. The Labute approximate surface area is 62.3 Å². The van der Waals surface area contributed by atoms with E-state index in [1.165, 1.54) is 6.08 Å². The second-order valence-corrected chi connectivity index (χ2v) is 0.887. The quantitative estimate of drug-likeness (QED) is 0.603. The maximum Gasteiger partial charge on any atom is 0.307 e. The fourth-order valence-corrected chi connectivity index (χ4v) is 0.123. The van der Waals surface area contributed by atoms with E-state index in [0.717, 1.165) is 0 Å². The van der Waals surface area contributed by atoms with Crippen LogP contribution in [0.1, 0.15) is 6.42 Å². The van der Waals surface area contributed by atoms with Gasteiger partial charge in [-0.25, -0.2) is 0 Å².